The second kappa shape index (κ2) is 15.2. The Morgan fingerprint density at radius 3 is 1.30 bits per heavy atom. The summed E-state index contributed by atoms with van der Waals surface area (Å²) in [5.74, 6) is 5.70. The maximum Gasteiger partial charge on any atom is 0.159 e. The van der Waals surface area contributed by atoms with Gasteiger partial charge in [0, 0.05) is 71.5 Å². The van der Waals surface area contributed by atoms with Crippen molar-refractivity contribution >= 4 is 43.6 Å². The van der Waals surface area contributed by atoms with Gasteiger partial charge in [0.1, 0.15) is 46.1 Å². The van der Waals surface area contributed by atoms with Crippen LogP contribution in [0.1, 0.15) is 27.7 Å². The highest BCUT2D eigenvalue weighted by Crippen LogP contribution is 2.44. The fourth-order valence-corrected chi connectivity index (χ4v) is 7.88. The van der Waals surface area contributed by atoms with E-state index in [9.17, 15) is 0 Å². The van der Waals surface area contributed by atoms with Gasteiger partial charge in [-0.05, 0) is 82.3 Å². The molecule has 0 spiro atoms. The molecule has 5 heterocycles. The lowest BCUT2D eigenvalue weighted by molar-refractivity contribution is 0.244. The Labute approximate surface area is 346 Å². The van der Waals surface area contributed by atoms with E-state index in [1.807, 2.05) is 131 Å². The molecule has 10 rings (SSSR count). The van der Waals surface area contributed by atoms with Gasteiger partial charge in [-0.3, -0.25) is 9.13 Å². The van der Waals surface area contributed by atoms with Gasteiger partial charge in [0.2, 0.25) is 0 Å². The van der Waals surface area contributed by atoms with E-state index in [0.717, 1.165) is 55.2 Å². The molecule has 0 aliphatic heterocycles. The van der Waals surface area contributed by atoms with Crippen LogP contribution in [-0.4, -0.2) is 41.3 Å². The average Bonchev–Trinajstić information content (AvgIpc) is 3.77. The van der Waals surface area contributed by atoms with Crippen molar-refractivity contribution in [2.24, 2.45) is 0 Å². The largest absolute Gasteiger partial charge is 0.490 e. The summed E-state index contributed by atoms with van der Waals surface area (Å²) in [5.41, 5.74) is 4.53. The summed E-state index contributed by atoms with van der Waals surface area (Å²) in [6.07, 6.45) is 6.86. The minimum Gasteiger partial charge on any atom is -0.490 e. The Morgan fingerprint density at radius 1 is 0.417 bits per heavy atom. The van der Waals surface area contributed by atoms with Gasteiger partial charge in [-0.15, -0.1) is 0 Å². The fourth-order valence-electron chi connectivity index (χ4n) is 7.88. The van der Waals surface area contributed by atoms with Crippen molar-refractivity contribution in [1.82, 2.24) is 29.1 Å². The second-order valence-electron chi connectivity index (χ2n) is 15.0. The van der Waals surface area contributed by atoms with Gasteiger partial charge in [-0.2, -0.15) is 0 Å². The van der Waals surface area contributed by atoms with Gasteiger partial charge in [0.25, 0.3) is 0 Å². The zero-order chi connectivity index (χ0) is 40.7. The van der Waals surface area contributed by atoms with Crippen LogP contribution >= 0.6 is 0 Å². The first kappa shape index (κ1) is 36.6. The van der Waals surface area contributed by atoms with Crippen LogP contribution in [0.2, 0.25) is 0 Å². The van der Waals surface area contributed by atoms with E-state index < -0.39 is 0 Å². The Bertz CT molecular complexity index is 2970. The molecule has 5 aromatic carbocycles. The van der Waals surface area contributed by atoms with E-state index in [-0.39, 0.29) is 12.2 Å². The fraction of sp³-hybridized carbons (Fsp3) is 0.120. The molecule has 60 heavy (non-hydrogen) atoms. The van der Waals surface area contributed by atoms with Crippen molar-refractivity contribution < 1.29 is 18.9 Å². The summed E-state index contributed by atoms with van der Waals surface area (Å²) in [5, 5.41) is 4.06. The molecule has 0 amide bonds. The van der Waals surface area contributed by atoms with Gasteiger partial charge in [-0.1, -0.05) is 48.5 Å². The van der Waals surface area contributed by atoms with Crippen LogP contribution < -0.4 is 18.9 Å². The summed E-state index contributed by atoms with van der Waals surface area (Å²) in [4.78, 5) is 18.6. The third kappa shape index (κ3) is 6.77. The number of benzene rings is 5. The van der Waals surface area contributed by atoms with Gasteiger partial charge in [-0.25, -0.2) is 19.9 Å². The lowest BCUT2D eigenvalue weighted by Crippen LogP contribution is -2.06. The summed E-state index contributed by atoms with van der Waals surface area (Å²) >= 11 is 0. The number of aromatic nitrogens is 6. The van der Waals surface area contributed by atoms with E-state index >= 15 is 0 Å². The van der Waals surface area contributed by atoms with Crippen molar-refractivity contribution in [3.8, 4) is 57.5 Å². The Hall–Kier alpha value is -7.72. The Balaban J connectivity index is 1.13. The number of para-hydroxylation sites is 2. The van der Waals surface area contributed by atoms with Gasteiger partial charge in [0.05, 0.1) is 45.0 Å². The molecule has 5 aromatic heterocycles. The average molecular weight is 789 g/mol. The minimum atomic E-state index is -0.0859. The molecule has 10 nitrogen and oxygen atoms in total. The highest BCUT2D eigenvalue weighted by molar-refractivity contribution is 6.13. The molecule has 0 aliphatic carbocycles. The summed E-state index contributed by atoms with van der Waals surface area (Å²) in [6.45, 7) is 8.09. The smallest absolute Gasteiger partial charge is 0.159 e. The van der Waals surface area contributed by atoms with Crippen LogP contribution in [0.5, 0.6) is 34.5 Å². The monoisotopic (exact) mass is 788 g/mol. The zero-order valence-corrected chi connectivity index (χ0v) is 33.5. The van der Waals surface area contributed by atoms with Gasteiger partial charge < -0.3 is 18.9 Å². The molecule has 0 radical (unpaired) electrons. The third-order valence-electron chi connectivity index (χ3n) is 10.1. The molecule has 294 valence electrons. The number of rotatable bonds is 11. The number of fused-ring (bicyclic) bond motifs is 6. The third-order valence-corrected chi connectivity index (χ3v) is 10.1. The lowest BCUT2D eigenvalue weighted by atomic mass is 10.1. The van der Waals surface area contributed by atoms with Crippen molar-refractivity contribution in [3.63, 3.8) is 0 Å². The van der Waals surface area contributed by atoms with E-state index in [1.165, 1.54) is 0 Å². The molecular weight excluding hydrogens is 749 g/mol. The molecule has 0 N–H and O–H groups in total. The Morgan fingerprint density at radius 2 is 0.850 bits per heavy atom. The summed E-state index contributed by atoms with van der Waals surface area (Å²) < 4.78 is 31.0. The lowest BCUT2D eigenvalue weighted by Gasteiger charge is -2.17. The number of pyridine rings is 2. The van der Waals surface area contributed by atoms with Gasteiger partial charge >= 0.3 is 0 Å². The van der Waals surface area contributed by atoms with E-state index in [0.29, 0.717) is 45.9 Å². The van der Waals surface area contributed by atoms with Crippen LogP contribution in [0.15, 0.2) is 158 Å². The first-order valence-electron chi connectivity index (χ1n) is 20.0. The number of hydrogen-bond acceptors (Lipinski definition) is 8. The number of nitrogens with zero attached hydrogens (tertiary/aromatic N) is 6. The zero-order valence-electron chi connectivity index (χ0n) is 33.5. The highest BCUT2D eigenvalue weighted by Gasteiger charge is 2.22. The molecule has 0 unspecified atom stereocenters. The highest BCUT2D eigenvalue weighted by atomic mass is 16.5. The van der Waals surface area contributed by atoms with Crippen LogP contribution in [0.3, 0.4) is 0 Å². The first-order chi connectivity index (χ1) is 29.4. The van der Waals surface area contributed by atoms with Crippen molar-refractivity contribution in [1.29, 1.82) is 0 Å². The molecule has 0 fully saturated rings. The molecule has 10 heteroatoms. The predicted molar refractivity (Wildman–Crippen MR) is 236 cm³/mol. The molecule has 0 saturated carbocycles. The Kier molecular flexibility index (Phi) is 9.29. The SMILES string of the molecule is CC(C)Oc1cc(Oc2cc(Oc3cc(OC(C)C)c4c5ccccc5n(-c5ccccn5)c4c3)cc(-c3ncccn3)c2)cc2c1c1ccccc1n2-c1ccccn1. The van der Waals surface area contributed by atoms with Crippen LogP contribution in [0.4, 0.5) is 0 Å². The number of hydrogen-bond donors (Lipinski definition) is 0. The molecular formula is C50H40N6O4. The van der Waals surface area contributed by atoms with Gasteiger partial charge in [0.15, 0.2) is 5.82 Å². The summed E-state index contributed by atoms with van der Waals surface area (Å²) in [7, 11) is 0. The van der Waals surface area contributed by atoms with E-state index in [1.54, 1.807) is 30.9 Å². The molecule has 0 aliphatic rings. The maximum atomic E-state index is 6.81. The molecule has 0 bridgehead atoms. The van der Waals surface area contributed by atoms with E-state index in [4.69, 9.17) is 28.9 Å². The molecule has 0 saturated heterocycles. The van der Waals surface area contributed by atoms with Crippen molar-refractivity contribution in [3.05, 3.63) is 158 Å². The minimum absolute atomic E-state index is 0.0859. The second-order valence-corrected chi connectivity index (χ2v) is 15.0. The topological polar surface area (TPSA) is 98.3 Å². The normalized spacial score (nSPS) is 11.6. The standard InChI is InChI=1S/C50H40N6O4/c1-31(2)57-44-29-36(27-42-48(44)38-14-5-7-16-40(38)55(42)46-18-9-11-20-51-46)59-34-24-33(50-53-22-13-23-54-50)25-35(26-34)60-37-28-43-49(45(30-37)58-32(3)4)39-15-6-8-17-41(39)56(43)47-19-10-12-21-52-47/h5-32H,1-4H3. The predicted octanol–water partition coefficient (Wildman–Crippen LogP) is 12.3. The van der Waals surface area contributed by atoms with Crippen LogP contribution in [0, 0.1) is 0 Å². The summed E-state index contributed by atoms with van der Waals surface area (Å²) in [6, 6.07) is 43.8. The number of ether oxygens (including phenoxy) is 4. The molecule has 0 atom stereocenters. The van der Waals surface area contributed by atoms with Crippen molar-refractivity contribution in [2.45, 2.75) is 39.9 Å². The maximum absolute atomic E-state index is 6.81. The first-order valence-corrected chi connectivity index (χ1v) is 20.0. The van der Waals surface area contributed by atoms with Crippen molar-refractivity contribution in [2.75, 3.05) is 0 Å². The quantitative estimate of drug-likeness (QED) is 0.128. The van der Waals surface area contributed by atoms with Crippen LogP contribution in [-0.2, 0) is 0 Å². The molecule has 10 aromatic rings. The van der Waals surface area contributed by atoms with E-state index in [2.05, 4.69) is 43.4 Å². The van der Waals surface area contributed by atoms with Crippen LogP contribution in [0.25, 0.3) is 66.6 Å².